The summed E-state index contributed by atoms with van der Waals surface area (Å²) in [5.41, 5.74) is 2.54. The number of H-pyrrole nitrogens is 1. The van der Waals surface area contributed by atoms with Crippen LogP contribution >= 0.6 is 0 Å². The SMILES string of the molecule is CCNc1ncc(C(=O)N2CCC[C@@H](c3nc4ccccc4[nH]3)C2)cn1. The van der Waals surface area contributed by atoms with Gasteiger partial charge in [-0.2, -0.15) is 0 Å². The molecule has 3 heterocycles. The van der Waals surface area contributed by atoms with Gasteiger partial charge in [-0.15, -0.1) is 0 Å². The lowest BCUT2D eigenvalue weighted by atomic mass is 9.97. The third kappa shape index (κ3) is 3.24. The van der Waals surface area contributed by atoms with E-state index in [0.29, 0.717) is 18.1 Å². The van der Waals surface area contributed by atoms with Crippen molar-refractivity contribution in [2.75, 3.05) is 25.0 Å². The summed E-state index contributed by atoms with van der Waals surface area (Å²) in [5, 5.41) is 3.03. The van der Waals surface area contributed by atoms with Crippen LogP contribution in [0.25, 0.3) is 11.0 Å². The number of imidazole rings is 1. The maximum absolute atomic E-state index is 12.8. The number of carbonyl (C=O) groups is 1. The van der Waals surface area contributed by atoms with E-state index in [-0.39, 0.29) is 11.8 Å². The molecule has 1 aliphatic heterocycles. The molecule has 1 atom stereocenters. The normalized spacial score (nSPS) is 17.4. The van der Waals surface area contributed by atoms with Crippen molar-refractivity contribution in [2.24, 2.45) is 0 Å². The molecule has 3 aromatic rings. The number of piperidine rings is 1. The van der Waals surface area contributed by atoms with E-state index in [1.807, 2.05) is 36.1 Å². The molecular weight excluding hydrogens is 328 g/mol. The fraction of sp³-hybridized carbons (Fsp3) is 0.368. The first kappa shape index (κ1) is 16.5. The second kappa shape index (κ2) is 7.11. The molecule has 2 N–H and O–H groups in total. The Balaban J connectivity index is 1.49. The highest BCUT2D eigenvalue weighted by Gasteiger charge is 2.27. The first-order chi connectivity index (χ1) is 12.7. The molecule has 2 aromatic heterocycles. The number of likely N-dealkylation sites (tertiary alicyclic amines) is 1. The first-order valence-electron chi connectivity index (χ1n) is 9.04. The molecule has 0 unspecified atom stereocenters. The molecule has 26 heavy (non-hydrogen) atoms. The summed E-state index contributed by atoms with van der Waals surface area (Å²) in [5.74, 6) is 1.71. The molecule has 0 radical (unpaired) electrons. The lowest BCUT2D eigenvalue weighted by molar-refractivity contribution is 0.0704. The van der Waals surface area contributed by atoms with Gasteiger partial charge in [0.1, 0.15) is 5.82 Å². The van der Waals surface area contributed by atoms with Crippen molar-refractivity contribution in [3.05, 3.63) is 48.0 Å². The summed E-state index contributed by atoms with van der Waals surface area (Å²) in [6, 6.07) is 8.02. The number of nitrogens with zero attached hydrogens (tertiary/aromatic N) is 4. The van der Waals surface area contributed by atoms with Crippen LogP contribution in [0.4, 0.5) is 5.95 Å². The Morgan fingerprint density at radius 1 is 1.31 bits per heavy atom. The fourth-order valence-electron chi connectivity index (χ4n) is 3.42. The predicted molar refractivity (Wildman–Crippen MR) is 100 cm³/mol. The third-order valence-electron chi connectivity index (χ3n) is 4.74. The van der Waals surface area contributed by atoms with Crippen LogP contribution in [0, 0.1) is 0 Å². The summed E-state index contributed by atoms with van der Waals surface area (Å²) in [6.07, 6.45) is 5.18. The van der Waals surface area contributed by atoms with Crippen molar-refractivity contribution < 1.29 is 4.79 Å². The van der Waals surface area contributed by atoms with Crippen molar-refractivity contribution in [1.29, 1.82) is 0 Å². The Hall–Kier alpha value is -2.96. The van der Waals surface area contributed by atoms with Gasteiger partial charge in [0, 0.05) is 37.9 Å². The maximum Gasteiger partial charge on any atom is 0.257 e. The second-order valence-electron chi connectivity index (χ2n) is 6.56. The number of amides is 1. The summed E-state index contributed by atoms with van der Waals surface area (Å²) in [6.45, 7) is 4.14. The number of fused-ring (bicyclic) bond motifs is 1. The highest BCUT2D eigenvalue weighted by Crippen LogP contribution is 2.27. The minimum Gasteiger partial charge on any atom is -0.355 e. The third-order valence-corrected chi connectivity index (χ3v) is 4.74. The van der Waals surface area contributed by atoms with Crippen molar-refractivity contribution in [3.8, 4) is 0 Å². The molecule has 1 fully saturated rings. The van der Waals surface area contributed by atoms with Crippen LogP contribution in [0.1, 0.15) is 41.9 Å². The lowest BCUT2D eigenvalue weighted by Gasteiger charge is -2.31. The van der Waals surface area contributed by atoms with E-state index in [0.717, 1.165) is 42.8 Å². The fourth-order valence-corrected chi connectivity index (χ4v) is 3.42. The van der Waals surface area contributed by atoms with Crippen LogP contribution < -0.4 is 5.32 Å². The molecule has 1 amide bonds. The summed E-state index contributed by atoms with van der Waals surface area (Å²) in [7, 11) is 0. The predicted octanol–water partition coefficient (Wildman–Crippen LogP) is 2.80. The zero-order valence-corrected chi connectivity index (χ0v) is 14.8. The highest BCUT2D eigenvalue weighted by atomic mass is 16.2. The molecule has 0 aliphatic carbocycles. The van der Waals surface area contributed by atoms with Gasteiger partial charge in [0.25, 0.3) is 5.91 Å². The zero-order valence-electron chi connectivity index (χ0n) is 14.8. The number of hydrogen-bond donors (Lipinski definition) is 2. The molecule has 1 aromatic carbocycles. The van der Waals surface area contributed by atoms with Crippen LogP contribution in [0.15, 0.2) is 36.7 Å². The smallest absolute Gasteiger partial charge is 0.257 e. The molecule has 7 nitrogen and oxygen atoms in total. The molecule has 0 bridgehead atoms. The summed E-state index contributed by atoms with van der Waals surface area (Å²) >= 11 is 0. The Morgan fingerprint density at radius 3 is 2.88 bits per heavy atom. The van der Waals surface area contributed by atoms with Gasteiger partial charge in [-0.1, -0.05) is 12.1 Å². The van der Waals surface area contributed by atoms with E-state index in [4.69, 9.17) is 4.98 Å². The number of nitrogens with one attached hydrogen (secondary N) is 2. The number of carbonyl (C=O) groups excluding carboxylic acids is 1. The molecule has 7 heteroatoms. The van der Waals surface area contributed by atoms with Crippen LogP contribution in [-0.4, -0.2) is 50.4 Å². The monoisotopic (exact) mass is 350 g/mol. The Bertz CT molecular complexity index is 871. The summed E-state index contributed by atoms with van der Waals surface area (Å²) in [4.78, 5) is 31.2. The molecular formula is C19H22N6O. The van der Waals surface area contributed by atoms with Gasteiger partial charge >= 0.3 is 0 Å². The van der Waals surface area contributed by atoms with E-state index in [1.54, 1.807) is 12.4 Å². The van der Waals surface area contributed by atoms with Gasteiger partial charge in [0.15, 0.2) is 0 Å². The molecule has 0 spiro atoms. The number of aromatic amines is 1. The number of hydrogen-bond acceptors (Lipinski definition) is 5. The zero-order chi connectivity index (χ0) is 17.9. The van der Waals surface area contributed by atoms with Crippen LogP contribution in [0.3, 0.4) is 0 Å². The van der Waals surface area contributed by atoms with E-state index in [2.05, 4.69) is 20.3 Å². The largest absolute Gasteiger partial charge is 0.355 e. The average Bonchev–Trinajstić information content (AvgIpc) is 3.13. The Labute approximate surface area is 151 Å². The van der Waals surface area contributed by atoms with Gasteiger partial charge in [-0.3, -0.25) is 4.79 Å². The van der Waals surface area contributed by atoms with Gasteiger partial charge in [0.05, 0.1) is 16.6 Å². The molecule has 0 saturated carbocycles. The minimum atomic E-state index is -0.0196. The lowest BCUT2D eigenvalue weighted by Crippen LogP contribution is -2.39. The van der Waals surface area contributed by atoms with Gasteiger partial charge in [-0.25, -0.2) is 15.0 Å². The topological polar surface area (TPSA) is 86.8 Å². The first-order valence-corrected chi connectivity index (χ1v) is 9.04. The average molecular weight is 350 g/mol. The number of aromatic nitrogens is 4. The number of para-hydroxylation sites is 2. The van der Waals surface area contributed by atoms with E-state index in [1.165, 1.54) is 0 Å². The number of anilines is 1. The van der Waals surface area contributed by atoms with Gasteiger partial charge in [-0.05, 0) is 31.9 Å². The van der Waals surface area contributed by atoms with Gasteiger partial charge < -0.3 is 15.2 Å². The quantitative estimate of drug-likeness (QED) is 0.755. The van der Waals surface area contributed by atoms with Crippen LogP contribution in [0.5, 0.6) is 0 Å². The van der Waals surface area contributed by atoms with Crippen LogP contribution in [-0.2, 0) is 0 Å². The van der Waals surface area contributed by atoms with Crippen molar-refractivity contribution in [3.63, 3.8) is 0 Å². The minimum absolute atomic E-state index is 0.0196. The van der Waals surface area contributed by atoms with E-state index in [9.17, 15) is 4.79 Å². The molecule has 4 rings (SSSR count). The molecule has 1 saturated heterocycles. The van der Waals surface area contributed by atoms with Crippen molar-refractivity contribution in [1.82, 2.24) is 24.8 Å². The van der Waals surface area contributed by atoms with Crippen molar-refractivity contribution >= 4 is 22.9 Å². The highest BCUT2D eigenvalue weighted by molar-refractivity contribution is 5.93. The summed E-state index contributed by atoms with van der Waals surface area (Å²) < 4.78 is 0. The van der Waals surface area contributed by atoms with Crippen molar-refractivity contribution in [2.45, 2.75) is 25.7 Å². The Kier molecular flexibility index (Phi) is 4.51. The number of rotatable bonds is 4. The van der Waals surface area contributed by atoms with E-state index < -0.39 is 0 Å². The number of benzene rings is 1. The Morgan fingerprint density at radius 2 is 2.12 bits per heavy atom. The van der Waals surface area contributed by atoms with Crippen LogP contribution in [0.2, 0.25) is 0 Å². The maximum atomic E-state index is 12.8. The molecule has 1 aliphatic rings. The second-order valence-corrected chi connectivity index (χ2v) is 6.56. The van der Waals surface area contributed by atoms with Gasteiger partial charge in [0.2, 0.25) is 5.95 Å². The van der Waals surface area contributed by atoms with E-state index >= 15 is 0 Å². The standard InChI is InChI=1S/C19H22N6O/c1-2-20-19-21-10-14(11-22-19)18(26)25-9-5-6-13(12-25)17-23-15-7-3-4-8-16(15)24-17/h3-4,7-8,10-11,13H,2,5-6,9,12H2,1H3,(H,23,24)(H,20,21,22)/t13-/m1/s1. The molecule has 134 valence electrons.